The fourth-order valence-electron chi connectivity index (χ4n) is 1.90. The van der Waals surface area contributed by atoms with Crippen LogP contribution in [0.3, 0.4) is 0 Å². The van der Waals surface area contributed by atoms with Crippen LogP contribution in [0.4, 0.5) is 0 Å². The lowest BCUT2D eigenvalue weighted by atomic mass is 9.98. The molecule has 1 atom stereocenters. The van der Waals surface area contributed by atoms with Crippen LogP contribution in [0, 0.1) is 0 Å². The minimum atomic E-state index is -1.31. The van der Waals surface area contributed by atoms with Crippen LogP contribution in [-0.2, 0) is 4.79 Å². The maximum Gasteiger partial charge on any atom is 0.329 e. The first kappa shape index (κ1) is 16.2. The Morgan fingerprint density at radius 3 is 2.45 bits per heavy atom. The maximum absolute atomic E-state index is 12.0. The van der Waals surface area contributed by atoms with E-state index in [1.165, 1.54) is 6.92 Å². The van der Waals surface area contributed by atoms with E-state index < -0.39 is 17.4 Å². The number of amides is 1. The Morgan fingerprint density at radius 2 is 2.00 bits per heavy atom. The third-order valence-electron chi connectivity index (χ3n) is 3.72. The van der Waals surface area contributed by atoms with Crippen molar-refractivity contribution in [3.63, 3.8) is 0 Å². The summed E-state index contributed by atoms with van der Waals surface area (Å²) in [6.45, 7) is 7.25. The van der Waals surface area contributed by atoms with Gasteiger partial charge in [-0.3, -0.25) is 4.79 Å². The smallest absolute Gasteiger partial charge is 0.329 e. The lowest BCUT2D eigenvalue weighted by Gasteiger charge is -2.23. The number of aliphatic carboxylic acids is 1. The van der Waals surface area contributed by atoms with E-state index in [2.05, 4.69) is 10.5 Å². The summed E-state index contributed by atoms with van der Waals surface area (Å²) in [6.07, 6.45) is 2.10. The third-order valence-corrected chi connectivity index (χ3v) is 3.72. The standard InChI is InChI=1S/C14H22N2O4/c1-5-9(6-2)10-8-11(20-16-10)12(17)15-14(4,7-3)13(18)19/h8-9H,5-7H2,1-4H3,(H,15,17)(H,18,19). The Morgan fingerprint density at radius 1 is 1.40 bits per heavy atom. The van der Waals surface area contributed by atoms with E-state index in [0.29, 0.717) is 0 Å². The second-order valence-corrected chi connectivity index (χ2v) is 5.07. The number of carboxylic acid groups (broad SMARTS) is 1. The molecule has 0 aromatic carbocycles. The molecule has 1 aromatic heterocycles. The molecule has 0 aliphatic carbocycles. The van der Waals surface area contributed by atoms with E-state index >= 15 is 0 Å². The topological polar surface area (TPSA) is 92.4 Å². The molecule has 2 N–H and O–H groups in total. The molecule has 6 heteroatoms. The van der Waals surface area contributed by atoms with Gasteiger partial charge in [0.05, 0.1) is 5.69 Å². The van der Waals surface area contributed by atoms with Crippen LogP contribution in [0.25, 0.3) is 0 Å². The molecule has 112 valence electrons. The summed E-state index contributed by atoms with van der Waals surface area (Å²) in [6, 6.07) is 1.59. The number of carbonyl (C=O) groups is 2. The van der Waals surface area contributed by atoms with E-state index in [9.17, 15) is 9.59 Å². The third kappa shape index (κ3) is 3.37. The van der Waals surface area contributed by atoms with Crippen molar-refractivity contribution in [2.24, 2.45) is 0 Å². The quantitative estimate of drug-likeness (QED) is 0.801. The van der Waals surface area contributed by atoms with E-state index in [1.54, 1.807) is 13.0 Å². The molecule has 1 aromatic rings. The number of hydrogen-bond acceptors (Lipinski definition) is 4. The van der Waals surface area contributed by atoms with Gasteiger partial charge in [-0.2, -0.15) is 0 Å². The van der Waals surface area contributed by atoms with E-state index in [-0.39, 0.29) is 18.1 Å². The Balaban J connectivity index is 2.86. The van der Waals surface area contributed by atoms with Gasteiger partial charge in [0, 0.05) is 12.0 Å². The lowest BCUT2D eigenvalue weighted by molar-refractivity contribution is -0.143. The molecule has 0 aliphatic rings. The average Bonchev–Trinajstić information content (AvgIpc) is 2.89. The Bertz CT molecular complexity index is 479. The average molecular weight is 282 g/mol. The van der Waals surface area contributed by atoms with Gasteiger partial charge >= 0.3 is 5.97 Å². The van der Waals surface area contributed by atoms with Gasteiger partial charge in [0.15, 0.2) is 0 Å². The van der Waals surface area contributed by atoms with Crippen molar-refractivity contribution < 1.29 is 19.2 Å². The Hall–Kier alpha value is -1.85. The number of hydrogen-bond donors (Lipinski definition) is 2. The molecule has 6 nitrogen and oxygen atoms in total. The van der Waals surface area contributed by atoms with Gasteiger partial charge in [0.25, 0.3) is 5.91 Å². The zero-order chi connectivity index (χ0) is 15.3. The summed E-state index contributed by atoms with van der Waals surface area (Å²) in [4.78, 5) is 23.2. The molecule has 1 amide bonds. The van der Waals surface area contributed by atoms with Crippen LogP contribution in [-0.4, -0.2) is 27.7 Å². The highest BCUT2D eigenvalue weighted by Crippen LogP contribution is 2.22. The highest BCUT2D eigenvalue weighted by molar-refractivity contribution is 5.95. The molecule has 0 radical (unpaired) electrons. The highest BCUT2D eigenvalue weighted by Gasteiger charge is 2.34. The molecule has 1 unspecified atom stereocenters. The summed E-state index contributed by atoms with van der Waals surface area (Å²) < 4.78 is 5.03. The van der Waals surface area contributed by atoms with Gasteiger partial charge in [0.1, 0.15) is 5.54 Å². The summed E-state index contributed by atoms with van der Waals surface area (Å²) in [5, 5.41) is 15.5. The van der Waals surface area contributed by atoms with Crippen LogP contribution in [0.1, 0.15) is 69.1 Å². The fraction of sp³-hybridized carbons (Fsp3) is 0.643. The Labute approximate surface area is 118 Å². The van der Waals surface area contributed by atoms with Crippen LogP contribution in [0.5, 0.6) is 0 Å². The molecule has 0 spiro atoms. The van der Waals surface area contributed by atoms with Crippen molar-refractivity contribution in [3.8, 4) is 0 Å². The largest absolute Gasteiger partial charge is 0.480 e. The van der Waals surface area contributed by atoms with Crippen molar-refractivity contribution in [2.45, 2.75) is 58.4 Å². The van der Waals surface area contributed by atoms with E-state index in [0.717, 1.165) is 18.5 Å². The molecule has 1 rings (SSSR count). The molecule has 1 heterocycles. The molecule has 0 aliphatic heterocycles. The number of carbonyl (C=O) groups excluding carboxylic acids is 1. The summed E-state index contributed by atoms with van der Waals surface area (Å²) in [7, 11) is 0. The first-order chi connectivity index (χ1) is 9.37. The highest BCUT2D eigenvalue weighted by atomic mass is 16.5. The second kappa shape index (κ2) is 6.54. The fourth-order valence-corrected chi connectivity index (χ4v) is 1.90. The van der Waals surface area contributed by atoms with Gasteiger partial charge in [0.2, 0.25) is 5.76 Å². The minimum Gasteiger partial charge on any atom is -0.480 e. The van der Waals surface area contributed by atoms with Crippen LogP contribution < -0.4 is 5.32 Å². The van der Waals surface area contributed by atoms with Crippen molar-refractivity contribution in [3.05, 3.63) is 17.5 Å². The summed E-state index contributed by atoms with van der Waals surface area (Å²) >= 11 is 0. The van der Waals surface area contributed by atoms with Crippen molar-refractivity contribution in [1.82, 2.24) is 10.5 Å². The molecule has 0 saturated heterocycles. The molecular formula is C14H22N2O4. The monoisotopic (exact) mass is 282 g/mol. The summed E-state index contributed by atoms with van der Waals surface area (Å²) in [5.41, 5.74) is -0.576. The SMILES string of the molecule is CCC(CC)c1cc(C(=O)NC(C)(CC)C(=O)O)on1. The van der Waals surface area contributed by atoms with Crippen LogP contribution in [0.2, 0.25) is 0 Å². The first-order valence-corrected chi connectivity index (χ1v) is 6.90. The van der Waals surface area contributed by atoms with Crippen LogP contribution >= 0.6 is 0 Å². The van der Waals surface area contributed by atoms with Gasteiger partial charge in [-0.1, -0.05) is 25.9 Å². The van der Waals surface area contributed by atoms with E-state index in [1.807, 2.05) is 13.8 Å². The Kier molecular flexibility index (Phi) is 5.30. The van der Waals surface area contributed by atoms with Crippen LogP contribution in [0.15, 0.2) is 10.6 Å². The van der Waals surface area contributed by atoms with Gasteiger partial charge in [-0.05, 0) is 26.2 Å². The predicted octanol–water partition coefficient (Wildman–Crippen LogP) is 2.56. The molecular weight excluding hydrogens is 260 g/mol. The zero-order valence-electron chi connectivity index (χ0n) is 12.4. The number of aromatic nitrogens is 1. The number of carboxylic acids is 1. The molecule has 0 bridgehead atoms. The van der Waals surface area contributed by atoms with Crippen molar-refractivity contribution >= 4 is 11.9 Å². The minimum absolute atomic E-state index is 0.0489. The van der Waals surface area contributed by atoms with E-state index in [4.69, 9.17) is 9.63 Å². The number of nitrogens with zero attached hydrogens (tertiary/aromatic N) is 1. The molecule has 0 saturated carbocycles. The molecule has 0 fully saturated rings. The first-order valence-electron chi connectivity index (χ1n) is 6.90. The molecule has 20 heavy (non-hydrogen) atoms. The van der Waals surface area contributed by atoms with Gasteiger partial charge < -0.3 is 14.9 Å². The number of nitrogens with one attached hydrogen (secondary N) is 1. The number of rotatable bonds is 7. The van der Waals surface area contributed by atoms with Crippen molar-refractivity contribution in [2.75, 3.05) is 0 Å². The van der Waals surface area contributed by atoms with Crippen molar-refractivity contribution in [1.29, 1.82) is 0 Å². The lowest BCUT2D eigenvalue weighted by Crippen LogP contribution is -2.51. The van der Waals surface area contributed by atoms with Gasteiger partial charge in [-0.15, -0.1) is 0 Å². The van der Waals surface area contributed by atoms with Gasteiger partial charge in [-0.25, -0.2) is 4.79 Å². The second-order valence-electron chi connectivity index (χ2n) is 5.07. The zero-order valence-corrected chi connectivity index (χ0v) is 12.4. The predicted molar refractivity (Wildman–Crippen MR) is 73.6 cm³/mol. The normalized spacial score (nSPS) is 14.1. The maximum atomic E-state index is 12.0. The summed E-state index contributed by atoms with van der Waals surface area (Å²) in [5.74, 6) is -1.33.